The molecule has 0 N–H and O–H groups in total. The Morgan fingerprint density at radius 1 is 1.12 bits per heavy atom. The Labute approximate surface area is 105 Å². The van der Waals surface area contributed by atoms with Gasteiger partial charge < -0.3 is 0 Å². The molecule has 0 amide bonds. The smallest absolute Gasteiger partial charge is 0.116 e. The zero-order chi connectivity index (χ0) is 13.1. The van der Waals surface area contributed by atoms with Crippen LogP contribution in [0.3, 0.4) is 0 Å². The highest BCUT2D eigenvalue weighted by Crippen LogP contribution is 2.06. The van der Waals surface area contributed by atoms with Gasteiger partial charge in [-0.3, -0.25) is 0 Å². The lowest BCUT2D eigenvalue weighted by Gasteiger charge is -1.90. The molecule has 2 heteroatoms. The molecule has 2 rings (SSSR count). The molecule has 0 bridgehead atoms. The molecule has 1 heterocycles. The minimum Gasteiger partial charge on any atom is -0.244 e. The van der Waals surface area contributed by atoms with Crippen molar-refractivity contribution < 1.29 is 0 Å². The summed E-state index contributed by atoms with van der Waals surface area (Å²) in [6.45, 7) is 10.6. The van der Waals surface area contributed by atoms with Crippen LogP contribution < -0.4 is 0 Å². The van der Waals surface area contributed by atoms with E-state index in [1.54, 1.807) is 6.33 Å². The van der Waals surface area contributed by atoms with Gasteiger partial charge in [0.25, 0.3) is 0 Å². The van der Waals surface area contributed by atoms with Crippen LogP contribution in [0.5, 0.6) is 0 Å². The fourth-order valence-electron chi connectivity index (χ4n) is 0.923. The van der Waals surface area contributed by atoms with Crippen LogP contribution in [0, 0.1) is 5.92 Å². The maximum atomic E-state index is 4.07. The van der Waals surface area contributed by atoms with E-state index in [4.69, 9.17) is 0 Å². The summed E-state index contributed by atoms with van der Waals surface area (Å²) in [7, 11) is 0. The number of benzene rings is 1. The molecule has 0 saturated carbocycles. The summed E-state index contributed by atoms with van der Waals surface area (Å²) in [5.41, 5.74) is 0.998. The molecule has 0 aliphatic heterocycles. The fraction of sp³-hybridized carbons (Fsp3) is 0.467. The summed E-state index contributed by atoms with van der Waals surface area (Å²) in [6, 6.07) is 7.91. The zero-order valence-electron chi connectivity index (χ0n) is 11.6. The molecule has 0 unspecified atom stereocenters. The van der Waals surface area contributed by atoms with E-state index >= 15 is 0 Å². The van der Waals surface area contributed by atoms with Crippen LogP contribution in [0.25, 0.3) is 10.9 Å². The number of nitrogens with zero attached hydrogens (tertiary/aromatic N) is 2. The van der Waals surface area contributed by atoms with Crippen molar-refractivity contribution in [3.63, 3.8) is 0 Å². The molecule has 1 aromatic carbocycles. The van der Waals surface area contributed by atoms with Gasteiger partial charge in [-0.25, -0.2) is 9.97 Å². The van der Waals surface area contributed by atoms with Crippen molar-refractivity contribution in [1.82, 2.24) is 9.97 Å². The third-order valence-corrected chi connectivity index (χ3v) is 2.23. The van der Waals surface area contributed by atoms with Gasteiger partial charge in [-0.1, -0.05) is 59.2 Å². The fourth-order valence-corrected chi connectivity index (χ4v) is 0.923. The average molecular weight is 232 g/mol. The second kappa shape index (κ2) is 9.76. The molecule has 17 heavy (non-hydrogen) atoms. The molecule has 0 spiro atoms. The molecule has 0 aliphatic carbocycles. The summed E-state index contributed by atoms with van der Waals surface area (Å²) in [4.78, 5) is 7.97. The van der Waals surface area contributed by atoms with Crippen LogP contribution in [0.4, 0.5) is 0 Å². The molecule has 2 aromatic rings. The molecule has 0 atom stereocenters. The van der Waals surface area contributed by atoms with Gasteiger partial charge in [0.15, 0.2) is 0 Å². The first-order valence-electron chi connectivity index (χ1n) is 6.38. The minimum atomic E-state index is 0.884. The summed E-state index contributed by atoms with van der Waals surface area (Å²) >= 11 is 0. The summed E-state index contributed by atoms with van der Waals surface area (Å²) in [5, 5.41) is 1.09. The topological polar surface area (TPSA) is 25.8 Å². The van der Waals surface area contributed by atoms with Gasteiger partial charge in [-0.2, -0.15) is 0 Å². The van der Waals surface area contributed by atoms with Gasteiger partial charge in [0, 0.05) is 11.6 Å². The molecule has 0 fully saturated rings. The van der Waals surface area contributed by atoms with E-state index in [0.717, 1.165) is 16.8 Å². The first-order chi connectivity index (χ1) is 8.24. The molecular weight excluding hydrogens is 208 g/mol. The highest BCUT2D eigenvalue weighted by Gasteiger charge is 1.87. The maximum absolute atomic E-state index is 4.07. The van der Waals surface area contributed by atoms with Crippen molar-refractivity contribution in [2.45, 2.75) is 41.0 Å². The van der Waals surface area contributed by atoms with Crippen molar-refractivity contribution >= 4 is 10.9 Å². The third-order valence-electron chi connectivity index (χ3n) is 2.23. The predicted octanol–water partition coefficient (Wildman–Crippen LogP) is 4.71. The normalized spacial score (nSPS) is 9.06. The van der Waals surface area contributed by atoms with Crippen LogP contribution in [-0.2, 0) is 0 Å². The molecule has 0 radical (unpaired) electrons. The second-order valence-corrected chi connectivity index (χ2v) is 3.88. The summed E-state index contributed by atoms with van der Waals surface area (Å²) < 4.78 is 0. The van der Waals surface area contributed by atoms with E-state index < -0.39 is 0 Å². The highest BCUT2D eigenvalue weighted by molar-refractivity contribution is 5.76. The van der Waals surface area contributed by atoms with E-state index in [1.807, 2.05) is 44.3 Å². The first-order valence-corrected chi connectivity index (χ1v) is 6.38. The van der Waals surface area contributed by atoms with Crippen LogP contribution >= 0.6 is 0 Å². The average Bonchev–Trinajstić information content (AvgIpc) is 2.42. The quantitative estimate of drug-likeness (QED) is 0.711. The first kappa shape index (κ1) is 15.6. The number of hydrogen-bond acceptors (Lipinski definition) is 2. The van der Waals surface area contributed by atoms with E-state index in [9.17, 15) is 0 Å². The van der Waals surface area contributed by atoms with Crippen molar-refractivity contribution in [3.05, 3.63) is 36.8 Å². The largest absolute Gasteiger partial charge is 0.244 e. The lowest BCUT2D eigenvalue weighted by molar-refractivity contribution is 0.626. The summed E-state index contributed by atoms with van der Waals surface area (Å²) in [6.07, 6.45) is 4.67. The van der Waals surface area contributed by atoms with Gasteiger partial charge in [-0.15, -0.1) is 0 Å². The molecular formula is C15H24N2. The molecule has 2 nitrogen and oxygen atoms in total. The molecule has 94 valence electrons. The van der Waals surface area contributed by atoms with Crippen molar-refractivity contribution in [2.24, 2.45) is 5.92 Å². The number of aromatic nitrogens is 2. The number of fused-ring (bicyclic) bond motifs is 1. The number of rotatable bonds is 1. The highest BCUT2D eigenvalue weighted by atomic mass is 14.8. The van der Waals surface area contributed by atoms with E-state index in [0.29, 0.717) is 0 Å². The van der Waals surface area contributed by atoms with Crippen LogP contribution in [0.15, 0.2) is 36.8 Å². The number of hydrogen-bond donors (Lipinski definition) is 0. The van der Waals surface area contributed by atoms with Crippen LogP contribution in [-0.4, -0.2) is 9.97 Å². The van der Waals surface area contributed by atoms with E-state index in [2.05, 4.69) is 30.7 Å². The Hall–Kier alpha value is -1.44. The van der Waals surface area contributed by atoms with Gasteiger partial charge in [0.1, 0.15) is 6.33 Å². The van der Waals surface area contributed by atoms with Crippen molar-refractivity contribution in [2.75, 3.05) is 0 Å². The molecule has 0 saturated heterocycles. The Balaban J connectivity index is 0.000000315. The molecule has 1 aromatic heterocycles. The van der Waals surface area contributed by atoms with Crippen LogP contribution in [0.1, 0.15) is 41.0 Å². The third kappa shape index (κ3) is 6.67. The maximum Gasteiger partial charge on any atom is 0.116 e. The van der Waals surface area contributed by atoms with Crippen LogP contribution in [0.2, 0.25) is 0 Å². The predicted molar refractivity (Wildman–Crippen MR) is 76.0 cm³/mol. The van der Waals surface area contributed by atoms with Gasteiger partial charge >= 0.3 is 0 Å². The van der Waals surface area contributed by atoms with E-state index in [-0.39, 0.29) is 0 Å². The Morgan fingerprint density at radius 2 is 1.71 bits per heavy atom. The van der Waals surface area contributed by atoms with Gasteiger partial charge in [-0.05, 0) is 12.0 Å². The zero-order valence-corrected chi connectivity index (χ0v) is 11.6. The summed E-state index contributed by atoms with van der Waals surface area (Å²) in [5.74, 6) is 0.884. The number of para-hydroxylation sites is 1. The SMILES string of the molecule is CC.CCC(C)C.c1ccc2ncncc2c1. The second-order valence-electron chi connectivity index (χ2n) is 3.88. The van der Waals surface area contributed by atoms with Crippen molar-refractivity contribution in [3.8, 4) is 0 Å². The Bertz CT molecular complexity index is 331. The lowest BCUT2D eigenvalue weighted by atomic mass is 10.2. The van der Waals surface area contributed by atoms with E-state index in [1.165, 1.54) is 6.42 Å². The van der Waals surface area contributed by atoms with Gasteiger partial charge in [0.2, 0.25) is 0 Å². The van der Waals surface area contributed by atoms with Gasteiger partial charge in [0.05, 0.1) is 5.52 Å². The molecule has 0 aliphatic rings. The minimum absolute atomic E-state index is 0.884. The van der Waals surface area contributed by atoms with Crippen molar-refractivity contribution in [1.29, 1.82) is 0 Å². The standard InChI is InChI=1S/C8H6N2.C5H12.C2H6/c1-2-4-8-7(3-1)5-9-6-10-8;1-4-5(2)3;1-2/h1-6H;5H,4H2,1-3H3;1-2H3. The Kier molecular flexibility index (Phi) is 8.94. The Morgan fingerprint density at radius 3 is 2.24 bits per heavy atom. The monoisotopic (exact) mass is 232 g/mol. The lowest BCUT2D eigenvalue weighted by Crippen LogP contribution is -1.77.